The summed E-state index contributed by atoms with van der Waals surface area (Å²) in [4.78, 5) is 0. The third kappa shape index (κ3) is 0.490. The van der Waals surface area contributed by atoms with Gasteiger partial charge in [-0.1, -0.05) is 0 Å². The third-order valence-electron chi connectivity index (χ3n) is 0.419. The SMILES string of the molecule is Oc1cnsc1. The van der Waals surface area contributed by atoms with Gasteiger partial charge in [0, 0.05) is 0 Å². The van der Waals surface area contributed by atoms with E-state index in [0.29, 0.717) is 0 Å². The molecule has 0 saturated heterocycles. The van der Waals surface area contributed by atoms with Gasteiger partial charge in [-0.05, 0) is 11.5 Å². The van der Waals surface area contributed by atoms with Crippen LogP contribution in [0.5, 0.6) is 5.75 Å². The van der Waals surface area contributed by atoms with Crippen molar-refractivity contribution in [2.45, 2.75) is 0 Å². The Hall–Kier alpha value is -0.570. The van der Waals surface area contributed by atoms with Gasteiger partial charge in [0.15, 0.2) is 0 Å². The maximum atomic E-state index is 8.42. The third-order valence-corrected chi connectivity index (χ3v) is 0.993. The Morgan fingerprint density at radius 3 is 2.83 bits per heavy atom. The Morgan fingerprint density at radius 1 is 1.83 bits per heavy atom. The zero-order chi connectivity index (χ0) is 4.41. The molecule has 0 saturated carbocycles. The van der Waals surface area contributed by atoms with Crippen LogP contribution < -0.4 is 0 Å². The Labute approximate surface area is 39.2 Å². The maximum Gasteiger partial charge on any atom is 0.146 e. The van der Waals surface area contributed by atoms with Crippen molar-refractivity contribution in [3.8, 4) is 5.75 Å². The zero-order valence-corrected chi connectivity index (χ0v) is 3.77. The van der Waals surface area contributed by atoms with Crippen molar-refractivity contribution < 1.29 is 5.11 Å². The van der Waals surface area contributed by atoms with E-state index in [1.807, 2.05) is 0 Å². The van der Waals surface area contributed by atoms with Crippen LogP contribution >= 0.6 is 11.5 Å². The molecule has 1 heterocycles. The van der Waals surface area contributed by atoms with E-state index in [1.165, 1.54) is 17.7 Å². The maximum absolute atomic E-state index is 8.42. The lowest BCUT2D eigenvalue weighted by molar-refractivity contribution is 0.476. The molecule has 0 aliphatic carbocycles. The topological polar surface area (TPSA) is 33.1 Å². The average Bonchev–Trinajstić information content (AvgIpc) is 1.86. The molecule has 1 aromatic rings. The highest BCUT2D eigenvalue weighted by molar-refractivity contribution is 7.03. The van der Waals surface area contributed by atoms with Crippen LogP contribution in [0.15, 0.2) is 11.6 Å². The number of aromatic hydroxyl groups is 1. The van der Waals surface area contributed by atoms with Crippen LogP contribution in [0, 0.1) is 0 Å². The van der Waals surface area contributed by atoms with Crippen molar-refractivity contribution in [1.29, 1.82) is 0 Å². The number of hydrogen-bond donors (Lipinski definition) is 1. The fourth-order valence-corrected chi connectivity index (χ4v) is 0.598. The Bertz CT molecular complexity index is 114. The highest BCUT2D eigenvalue weighted by Crippen LogP contribution is 2.06. The van der Waals surface area contributed by atoms with Crippen LogP contribution in [0.3, 0.4) is 0 Å². The molecule has 32 valence electrons. The molecule has 2 nitrogen and oxygen atoms in total. The van der Waals surface area contributed by atoms with Gasteiger partial charge in [0.25, 0.3) is 0 Å². The van der Waals surface area contributed by atoms with Gasteiger partial charge in [-0.3, -0.25) is 0 Å². The summed E-state index contributed by atoms with van der Waals surface area (Å²) in [6, 6.07) is 0. The lowest BCUT2D eigenvalue weighted by Crippen LogP contribution is -1.43. The quantitative estimate of drug-likeness (QED) is 0.525. The summed E-state index contributed by atoms with van der Waals surface area (Å²) >= 11 is 1.24. The summed E-state index contributed by atoms with van der Waals surface area (Å²) in [6.45, 7) is 0. The standard InChI is InChI=1S/C3H3NOS/c5-3-1-4-6-2-3/h1-2,5H. The van der Waals surface area contributed by atoms with E-state index < -0.39 is 0 Å². The molecule has 3 heteroatoms. The first kappa shape index (κ1) is 3.61. The fraction of sp³-hybridized carbons (Fsp3) is 0. The Morgan fingerprint density at radius 2 is 2.67 bits per heavy atom. The molecular formula is C3H3NOS. The molecule has 0 aliphatic rings. The molecule has 1 aromatic heterocycles. The van der Waals surface area contributed by atoms with Gasteiger partial charge in [-0.2, -0.15) is 4.37 Å². The molecule has 1 rings (SSSR count). The zero-order valence-electron chi connectivity index (χ0n) is 2.96. The van der Waals surface area contributed by atoms with E-state index >= 15 is 0 Å². The second-order valence-corrected chi connectivity index (χ2v) is 1.54. The van der Waals surface area contributed by atoms with E-state index in [0.717, 1.165) is 0 Å². The van der Waals surface area contributed by atoms with E-state index in [-0.39, 0.29) is 5.75 Å². The minimum Gasteiger partial charge on any atom is -0.505 e. The van der Waals surface area contributed by atoms with Crippen molar-refractivity contribution in [3.63, 3.8) is 0 Å². The van der Waals surface area contributed by atoms with Crippen molar-refractivity contribution in [3.05, 3.63) is 11.6 Å². The molecule has 0 spiro atoms. The fourth-order valence-electron chi connectivity index (χ4n) is 0.199. The molecular weight excluding hydrogens is 98.1 g/mol. The van der Waals surface area contributed by atoms with Crippen molar-refractivity contribution in [2.75, 3.05) is 0 Å². The van der Waals surface area contributed by atoms with E-state index in [9.17, 15) is 0 Å². The summed E-state index contributed by atoms with van der Waals surface area (Å²) < 4.78 is 3.61. The summed E-state index contributed by atoms with van der Waals surface area (Å²) in [6.07, 6.45) is 1.41. The molecule has 0 bridgehead atoms. The van der Waals surface area contributed by atoms with Gasteiger partial charge in [0.2, 0.25) is 0 Å². The number of aromatic nitrogens is 1. The highest BCUT2D eigenvalue weighted by atomic mass is 32.1. The molecule has 0 radical (unpaired) electrons. The first-order valence-corrected chi connectivity index (χ1v) is 2.31. The van der Waals surface area contributed by atoms with Gasteiger partial charge < -0.3 is 5.11 Å². The lowest BCUT2D eigenvalue weighted by atomic mass is 10.7. The first-order valence-electron chi connectivity index (χ1n) is 1.48. The lowest BCUT2D eigenvalue weighted by Gasteiger charge is -1.65. The van der Waals surface area contributed by atoms with Gasteiger partial charge in [0.1, 0.15) is 5.75 Å². The Balaban J connectivity index is 3.05. The first-order chi connectivity index (χ1) is 2.89. The van der Waals surface area contributed by atoms with E-state index in [4.69, 9.17) is 5.11 Å². The summed E-state index contributed by atoms with van der Waals surface area (Å²) in [5.74, 6) is 0.250. The molecule has 0 aliphatic heterocycles. The summed E-state index contributed by atoms with van der Waals surface area (Å²) in [5, 5.41) is 9.99. The minimum atomic E-state index is 0.250. The minimum absolute atomic E-state index is 0.250. The van der Waals surface area contributed by atoms with Gasteiger partial charge in [0.05, 0.1) is 11.6 Å². The molecule has 0 fully saturated rings. The average molecular weight is 101 g/mol. The predicted octanol–water partition coefficient (Wildman–Crippen LogP) is 0.849. The van der Waals surface area contributed by atoms with Crippen LogP contribution in [0.25, 0.3) is 0 Å². The second-order valence-electron chi connectivity index (χ2n) is 0.883. The molecule has 0 unspecified atom stereocenters. The van der Waals surface area contributed by atoms with Crippen LogP contribution in [0.4, 0.5) is 0 Å². The highest BCUT2D eigenvalue weighted by Gasteiger charge is 1.79. The van der Waals surface area contributed by atoms with Crippen LogP contribution in [0.1, 0.15) is 0 Å². The monoisotopic (exact) mass is 101 g/mol. The number of rotatable bonds is 0. The normalized spacial score (nSPS) is 8.67. The van der Waals surface area contributed by atoms with E-state index in [1.54, 1.807) is 5.38 Å². The van der Waals surface area contributed by atoms with Crippen molar-refractivity contribution >= 4 is 11.5 Å². The molecule has 0 amide bonds. The molecule has 0 atom stereocenters. The van der Waals surface area contributed by atoms with Gasteiger partial charge in [-0.15, -0.1) is 0 Å². The predicted molar refractivity (Wildman–Crippen MR) is 23.8 cm³/mol. The smallest absolute Gasteiger partial charge is 0.146 e. The molecule has 1 N–H and O–H groups in total. The number of nitrogens with zero attached hydrogens (tertiary/aromatic N) is 1. The molecule has 6 heavy (non-hydrogen) atoms. The largest absolute Gasteiger partial charge is 0.505 e. The molecule has 0 aromatic carbocycles. The second kappa shape index (κ2) is 1.26. The summed E-state index contributed by atoms with van der Waals surface area (Å²) in [7, 11) is 0. The van der Waals surface area contributed by atoms with Crippen molar-refractivity contribution in [1.82, 2.24) is 4.37 Å². The van der Waals surface area contributed by atoms with Gasteiger partial charge >= 0.3 is 0 Å². The van der Waals surface area contributed by atoms with Crippen LogP contribution in [-0.2, 0) is 0 Å². The van der Waals surface area contributed by atoms with E-state index in [2.05, 4.69) is 4.37 Å². The van der Waals surface area contributed by atoms with Crippen molar-refractivity contribution in [2.24, 2.45) is 0 Å². The van der Waals surface area contributed by atoms with Gasteiger partial charge in [-0.25, -0.2) is 0 Å². The van der Waals surface area contributed by atoms with Crippen LogP contribution in [-0.4, -0.2) is 9.48 Å². The Kier molecular flexibility index (Phi) is 0.759. The van der Waals surface area contributed by atoms with Crippen LogP contribution in [0.2, 0.25) is 0 Å². The summed E-state index contributed by atoms with van der Waals surface area (Å²) in [5.41, 5.74) is 0. The number of hydrogen-bond acceptors (Lipinski definition) is 3.